The molecule has 0 spiro atoms. The second-order valence-electron chi connectivity index (χ2n) is 8.42. The lowest BCUT2D eigenvalue weighted by molar-refractivity contribution is -0.116. The summed E-state index contributed by atoms with van der Waals surface area (Å²) in [6.07, 6.45) is 10.7. The second kappa shape index (κ2) is 9.19. The number of nitrogens with zero attached hydrogens (tertiary/aromatic N) is 6. The van der Waals surface area contributed by atoms with Gasteiger partial charge in [-0.25, -0.2) is 19.3 Å². The SMILES string of the molecule is CCCC(=O)Nc1cncc(-c2cnc3[nH]nc(-c4nc5c(-c6cccnc6)ccnc5[nH]4)c3c2F)c1. The summed E-state index contributed by atoms with van der Waals surface area (Å²) in [6.45, 7) is 1.92. The van der Waals surface area contributed by atoms with Crippen LogP contribution in [-0.2, 0) is 4.79 Å². The number of aromatic nitrogens is 8. The third-order valence-electron chi connectivity index (χ3n) is 5.92. The fourth-order valence-corrected chi connectivity index (χ4v) is 4.21. The van der Waals surface area contributed by atoms with Gasteiger partial charge < -0.3 is 10.3 Å². The van der Waals surface area contributed by atoms with Gasteiger partial charge in [-0.3, -0.25) is 19.9 Å². The van der Waals surface area contributed by atoms with Gasteiger partial charge in [-0.1, -0.05) is 13.0 Å². The minimum Gasteiger partial charge on any atom is -0.325 e. The zero-order chi connectivity index (χ0) is 25.4. The molecule has 6 heterocycles. The molecule has 0 aliphatic carbocycles. The number of H-pyrrole nitrogens is 2. The molecule has 0 fully saturated rings. The summed E-state index contributed by atoms with van der Waals surface area (Å²) in [4.78, 5) is 37.0. The minimum absolute atomic E-state index is 0.128. The van der Waals surface area contributed by atoms with E-state index >= 15 is 4.39 Å². The molecule has 37 heavy (non-hydrogen) atoms. The molecule has 6 aromatic rings. The summed E-state index contributed by atoms with van der Waals surface area (Å²) >= 11 is 0. The van der Waals surface area contributed by atoms with E-state index in [9.17, 15) is 4.79 Å². The van der Waals surface area contributed by atoms with Crippen LogP contribution in [0.15, 0.2) is 61.4 Å². The summed E-state index contributed by atoms with van der Waals surface area (Å²) in [7, 11) is 0. The maximum Gasteiger partial charge on any atom is 0.224 e. The Balaban J connectivity index is 1.44. The van der Waals surface area contributed by atoms with Gasteiger partial charge in [-0.05, 0) is 24.6 Å². The fourth-order valence-electron chi connectivity index (χ4n) is 4.21. The molecular weight excluding hydrogens is 473 g/mol. The molecule has 6 rings (SSSR count). The standard InChI is InChI=1S/C26H20FN9O/c1-2-4-19(37)32-16-9-15(11-29-12-16)18-13-31-24-20(21(18)27)23(35-36-24)26-33-22-17(6-8-30-25(22)34-26)14-5-3-7-28-10-14/h3,5-13H,2,4H2,1H3,(H,32,37)(H,30,33,34)(H,31,35,36). The van der Waals surface area contributed by atoms with Crippen LogP contribution < -0.4 is 5.32 Å². The highest BCUT2D eigenvalue weighted by Gasteiger charge is 2.21. The van der Waals surface area contributed by atoms with E-state index in [1.807, 2.05) is 25.1 Å². The second-order valence-corrected chi connectivity index (χ2v) is 8.42. The maximum atomic E-state index is 16.0. The van der Waals surface area contributed by atoms with Crippen molar-refractivity contribution in [2.75, 3.05) is 5.32 Å². The van der Waals surface area contributed by atoms with Gasteiger partial charge in [-0.2, -0.15) is 5.10 Å². The van der Waals surface area contributed by atoms with E-state index < -0.39 is 5.82 Å². The largest absolute Gasteiger partial charge is 0.325 e. The van der Waals surface area contributed by atoms with E-state index in [0.29, 0.717) is 34.7 Å². The van der Waals surface area contributed by atoms with E-state index in [1.54, 1.807) is 24.7 Å². The molecular formula is C26H20FN9O. The summed E-state index contributed by atoms with van der Waals surface area (Å²) < 4.78 is 16.0. The number of imidazole rings is 1. The lowest BCUT2D eigenvalue weighted by Crippen LogP contribution is -2.10. The van der Waals surface area contributed by atoms with Gasteiger partial charge in [0.25, 0.3) is 0 Å². The van der Waals surface area contributed by atoms with Crippen LogP contribution in [0.4, 0.5) is 10.1 Å². The molecule has 0 aliphatic heterocycles. The zero-order valence-electron chi connectivity index (χ0n) is 19.7. The van der Waals surface area contributed by atoms with Crippen LogP contribution in [0.5, 0.6) is 0 Å². The quantitative estimate of drug-likeness (QED) is 0.300. The van der Waals surface area contributed by atoms with E-state index in [4.69, 9.17) is 4.98 Å². The van der Waals surface area contributed by atoms with Crippen molar-refractivity contribution in [3.05, 3.63) is 67.3 Å². The number of hydrogen-bond donors (Lipinski definition) is 3. The predicted molar refractivity (Wildman–Crippen MR) is 137 cm³/mol. The number of aromatic amines is 2. The first-order chi connectivity index (χ1) is 18.1. The molecule has 0 unspecified atom stereocenters. The molecule has 11 heteroatoms. The molecule has 0 saturated heterocycles. The number of rotatable bonds is 6. The van der Waals surface area contributed by atoms with Crippen molar-refractivity contribution in [3.63, 3.8) is 0 Å². The molecule has 3 N–H and O–H groups in total. The first-order valence-corrected chi connectivity index (χ1v) is 11.7. The van der Waals surface area contributed by atoms with Gasteiger partial charge in [0.1, 0.15) is 17.0 Å². The van der Waals surface area contributed by atoms with Gasteiger partial charge in [0.15, 0.2) is 17.1 Å². The highest BCUT2D eigenvalue weighted by molar-refractivity contribution is 5.97. The summed E-state index contributed by atoms with van der Waals surface area (Å²) in [6, 6.07) is 7.30. The van der Waals surface area contributed by atoms with E-state index in [2.05, 4.69) is 40.4 Å². The van der Waals surface area contributed by atoms with Gasteiger partial charge in [0, 0.05) is 59.7 Å². The van der Waals surface area contributed by atoms with E-state index in [-0.39, 0.29) is 28.2 Å². The van der Waals surface area contributed by atoms with Crippen molar-refractivity contribution in [1.29, 1.82) is 0 Å². The predicted octanol–water partition coefficient (Wildman–Crippen LogP) is 4.90. The number of carbonyl (C=O) groups excluding carboxylic acids is 1. The topological polar surface area (TPSA) is 138 Å². The Morgan fingerprint density at radius 3 is 2.73 bits per heavy atom. The van der Waals surface area contributed by atoms with Gasteiger partial charge >= 0.3 is 0 Å². The molecule has 0 aliphatic rings. The summed E-state index contributed by atoms with van der Waals surface area (Å²) in [5.74, 6) is -0.313. The van der Waals surface area contributed by atoms with Crippen molar-refractivity contribution in [1.82, 2.24) is 40.1 Å². The van der Waals surface area contributed by atoms with Crippen molar-refractivity contribution in [2.24, 2.45) is 0 Å². The van der Waals surface area contributed by atoms with E-state index in [1.165, 1.54) is 18.6 Å². The van der Waals surface area contributed by atoms with Crippen molar-refractivity contribution in [2.45, 2.75) is 19.8 Å². The average Bonchev–Trinajstić information content (AvgIpc) is 3.54. The van der Waals surface area contributed by atoms with Gasteiger partial charge in [-0.15, -0.1) is 0 Å². The Hall–Kier alpha value is -5.06. The van der Waals surface area contributed by atoms with Gasteiger partial charge in [0.05, 0.1) is 17.3 Å². The normalized spacial score (nSPS) is 11.3. The van der Waals surface area contributed by atoms with Crippen LogP contribution in [0, 0.1) is 5.82 Å². The number of carbonyl (C=O) groups is 1. The number of nitrogens with one attached hydrogen (secondary N) is 3. The lowest BCUT2D eigenvalue weighted by Gasteiger charge is -2.08. The Kier molecular flexibility index (Phi) is 5.56. The number of fused-ring (bicyclic) bond motifs is 2. The van der Waals surface area contributed by atoms with Crippen LogP contribution in [0.25, 0.3) is 56.0 Å². The molecule has 0 aromatic carbocycles. The molecule has 0 atom stereocenters. The lowest BCUT2D eigenvalue weighted by atomic mass is 10.1. The molecule has 6 aromatic heterocycles. The number of anilines is 1. The van der Waals surface area contributed by atoms with Crippen LogP contribution in [0.3, 0.4) is 0 Å². The highest BCUT2D eigenvalue weighted by Crippen LogP contribution is 2.34. The number of halogens is 1. The first-order valence-electron chi connectivity index (χ1n) is 11.7. The van der Waals surface area contributed by atoms with Crippen LogP contribution in [0.1, 0.15) is 19.8 Å². The Morgan fingerprint density at radius 1 is 1.00 bits per heavy atom. The Labute approximate surface area is 209 Å². The van der Waals surface area contributed by atoms with Crippen LogP contribution in [0.2, 0.25) is 0 Å². The number of amides is 1. The molecule has 0 radical (unpaired) electrons. The minimum atomic E-state index is -0.534. The van der Waals surface area contributed by atoms with Crippen molar-refractivity contribution < 1.29 is 9.18 Å². The summed E-state index contributed by atoms with van der Waals surface area (Å²) in [5.41, 5.74) is 4.60. The molecule has 0 bridgehead atoms. The number of hydrogen-bond acceptors (Lipinski definition) is 7. The van der Waals surface area contributed by atoms with Crippen LogP contribution >= 0.6 is 0 Å². The molecule has 1 amide bonds. The first kappa shape index (κ1) is 22.4. The van der Waals surface area contributed by atoms with Crippen molar-refractivity contribution >= 4 is 33.8 Å². The third kappa shape index (κ3) is 4.05. The van der Waals surface area contributed by atoms with E-state index in [0.717, 1.165) is 17.5 Å². The molecule has 182 valence electrons. The monoisotopic (exact) mass is 493 g/mol. The van der Waals surface area contributed by atoms with Crippen molar-refractivity contribution in [3.8, 4) is 33.8 Å². The Bertz CT molecular complexity index is 1760. The van der Waals surface area contributed by atoms with Crippen LogP contribution in [-0.4, -0.2) is 46.0 Å². The summed E-state index contributed by atoms with van der Waals surface area (Å²) in [5, 5.41) is 10.1. The van der Waals surface area contributed by atoms with Gasteiger partial charge in [0.2, 0.25) is 5.91 Å². The Morgan fingerprint density at radius 2 is 1.89 bits per heavy atom. The average molecular weight is 494 g/mol. The fraction of sp³-hybridized carbons (Fsp3) is 0.115. The third-order valence-corrected chi connectivity index (χ3v) is 5.92. The molecule has 0 saturated carbocycles. The number of pyridine rings is 4. The zero-order valence-corrected chi connectivity index (χ0v) is 19.7. The smallest absolute Gasteiger partial charge is 0.224 e. The molecule has 10 nitrogen and oxygen atoms in total. The maximum absolute atomic E-state index is 16.0. The highest BCUT2D eigenvalue weighted by atomic mass is 19.1.